The second-order valence-corrected chi connectivity index (χ2v) is 6.34. The average Bonchev–Trinajstić information content (AvgIpc) is 3.29. The molecule has 10 nitrogen and oxygen atoms in total. The van der Waals surface area contributed by atoms with Crippen molar-refractivity contribution in [3.8, 4) is 5.75 Å². The molecule has 0 aliphatic carbocycles. The van der Waals surface area contributed by atoms with Crippen molar-refractivity contribution >= 4 is 28.0 Å². The number of aliphatic hydroxyl groups is 2. The van der Waals surface area contributed by atoms with Crippen molar-refractivity contribution in [1.82, 2.24) is 23.9 Å². The van der Waals surface area contributed by atoms with Crippen LogP contribution in [0.25, 0.3) is 28.0 Å². The van der Waals surface area contributed by atoms with E-state index in [9.17, 15) is 20.1 Å². The van der Waals surface area contributed by atoms with Gasteiger partial charge in [-0.15, -0.1) is 0 Å². The first kappa shape index (κ1) is 15.3. The summed E-state index contributed by atoms with van der Waals surface area (Å²) in [7, 11) is 0. The van der Waals surface area contributed by atoms with Crippen molar-refractivity contribution in [3.63, 3.8) is 0 Å². The average molecular weight is 357 g/mol. The number of imidazole rings is 2. The Morgan fingerprint density at radius 3 is 3.00 bits per heavy atom. The minimum atomic E-state index is -0.802. The number of phenolic OH excluding ortho intramolecular Hbond substituents is 1. The number of phenols is 1. The van der Waals surface area contributed by atoms with E-state index >= 15 is 0 Å². The number of hydrogen-bond donors (Lipinski definition) is 4. The fraction of sp³-hybridized carbons (Fsp3) is 0.312. The quantitative estimate of drug-likeness (QED) is 0.392. The van der Waals surface area contributed by atoms with Gasteiger partial charge in [0.05, 0.1) is 30.1 Å². The van der Waals surface area contributed by atoms with Crippen LogP contribution in [0.1, 0.15) is 12.6 Å². The molecular formula is C16H15N5O5. The van der Waals surface area contributed by atoms with E-state index < -0.39 is 18.4 Å². The van der Waals surface area contributed by atoms with Crippen LogP contribution in [-0.4, -0.2) is 58.1 Å². The third kappa shape index (κ3) is 2.00. The number of fused-ring (bicyclic) bond motifs is 4. The molecule has 26 heavy (non-hydrogen) atoms. The molecule has 1 aromatic carbocycles. The van der Waals surface area contributed by atoms with Gasteiger partial charge in [-0.05, 0) is 12.1 Å². The molecule has 0 saturated carbocycles. The van der Waals surface area contributed by atoms with Crippen molar-refractivity contribution in [2.45, 2.75) is 24.9 Å². The molecule has 0 radical (unpaired) electrons. The number of aromatic nitrogens is 5. The number of H-pyrrole nitrogens is 1. The summed E-state index contributed by atoms with van der Waals surface area (Å²) in [6.45, 7) is -0.295. The summed E-state index contributed by atoms with van der Waals surface area (Å²) in [4.78, 5) is 24.6. The zero-order valence-corrected chi connectivity index (χ0v) is 13.4. The van der Waals surface area contributed by atoms with Crippen LogP contribution in [0.3, 0.4) is 0 Å². The topological polar surface area (TPSA) is 138 Å². The minimum absolute atomic E-state index is 0.0766. The third-order valence-electron chi connectivity index (χ3n) is 4.76. The Hall–Kier alpha value is -2.95. The molecule has 3 aromatic heterocycles. The number of nitrogens with zero attached hydrogens (tertiary/aromatic N) is 4. The highest BCUT2D eigenvalue weighted by atomic mass is 16.5. The summed E-state index contributed by atoms with van der Waals surface area (Å²) in [6, 6.07) is 4.63. The van der Waals surface area contributed by atoms with Gasteiger partial charge in [0.2, 0.25) is 5.78 Å². The van der Waals surface area contributed by atoms with E-state index in [4.69, 9.17) is 4.74 Å². The van der Waals surface area contributed by atoms with Gasteiger partial charge in [0.15, 0.2) is 11.2 Å². The van der Waals surface area contributed by atoms with Gasteiger partial charge in [-0.25, -0.2) is 9.38 Å². The number of aromatic amines is 1. The standard InChI is InChI=1S/C16H15N5O5/c22-5-11-10(24)4-12(26-11)20-6-17-13-14(20)19-16-18-8-3-7(23)1-2-9(8)21(16)15(13)25/h1-3,6,10-12,22-24H,4-5H2,(H,18,19)/t10-,11+,12+/m0/s1. The number of rotatable bonds is 2. The fourth-order valence-electron chi connectivity index (χ4n) is 3.48. The molecule has 4 N–H and O–H groups in total. The maximum atomic E-state index is 12.9. The van der Waals surface area contributed by atoms with Gasteiger partial charge < -0.3 is 25.0 Å². The highest BCUT2D eigenvalue weighted by Gasteiger charge is 2.35. The Morgan fingerprint density at radius 2 is 2.23 bits per heavy atom. The molecule has 0 unspecified atom stereocenters. The van der Waals surface area contributed by atoms with Crippen LogP contribution in [0.4, 0.5) is 0 Å². The van der Waals surface area contributed by atoms with Gasteiger partial charge >= 0.3 is 0 Å². The number of nitrogens with one attached hydrogen (secondary N) is 1. The van der Waals surface area contributed by atoms with E-state index in [2.05, 4.69) is 15.0 Å². The zero-order valence-electron chi connectivity index (χ0n) is 13.4. The number of hydrogen-bond acceptors (Lipinski definition) is 7. The molecule has 3 atom stereocenters. The lowest BCUT2D eigenvalue weighted by atomic mass is 10.2. The van der Waals surface area contributed by atoms with Gasteiger partial charge in [-0.1, -0.05) is 0 Å². The van der Waals surface area contributed by atoms with Crippen LogP contribution in [0.5, 0.6) is 5.75 Å². The fourth-order valence-corrected chi connectivity index (χ4v) is 3.48. The Balaban J connectivity index is 1.74. The van der Waals surface area contributed by atoms with Gasteiger partial charge in [0.1, 0.15) is 18.1 Å². The highest BCUT2D eigenvalue weighted by Crippen LogP contribution is 2.30. The Bertz CT molecular complexity index is 1210. The van der Waals surface area contributed by atoms with Crippen LogP contribution >= 0.6 is 0 Å². The number of aliphatic hydroxyl groups excluding tert-OH is 2. The Morgan fingerprint density at radius 1 is 1.38 bits per heavy atom. The molecule has 10 heteroatoms. The van der Waals surface area contributed by atoms with E-state index in [-0.39, 0.29) is 29.9 Å². The normalized spacial score (nSPS) is 23.5. The summed E-state index contributed by atoms with van der Waals surface area (Å²) in [6.07, 6.45) is -0.348. The van der Waals surface area contributed by atoms with Crippen molar-refractivity contribution in [3.05, 3.63) is 34.9 Å². The van der Waals surface area contributed by atoms with Crippen molar-refractivity contribution < 1.29 is 20.1 Å². The predicted octanol–water partition coefficient (Wildman–Crippen LogP) is -0.128. The van der Waals surface area contributed by atoms with E-state index in [1.54, 1.807) is 10.6 Å². The van der Waals surface area contributed by atoms with Crippen molar-refractivity contribution in [2.24, 2.45) is 0 Å². The predicted molar refractivity (Wildman–Crippen MR) is 89.9 cm³/mol. The summed E-state index contributed by atoms with van der Waals surface area (Å²) in [5.74, 6) is 0.384. The molecule has 1 saturated heterocycles. The van der Waals surface area contributed by atoms with Crippen LogP contribution in [-0.2, 0) is 4.74 Å². The molecule has 0 amide bonds. The molecule has 1 aliphatic heterocycles. The molecule has 0 bridgehead atoms. The minimum Gasteiger partial charge on any atom is -0.508 e. The van der Waals surface area contributed by atoms with E-state index in [1.165, 1.54) is 22.9 Å². The summed E-state index contributed by atoms with van der Waals surface area (Å²) < 4.78 is 8.61. The summed E-state index contributed by atoms with van der Waals surface area (Å²) in [5, 5.41) is 28.8. The van der Waals surface area contributed by atoms with Crippen molar-refractivity contribution in [2.75, 3.05) is 6.61 Å². The zero-order chi connectivity index (χ0) is 18.0. The molecule has 134 valence electrons. The van der Waals surface area contributed by atoms with Gasteiger partial charge in [0, 0.05) is 12.5 Å². The molecule has 1 fully saturated rings. The molecule has 4 heterocycles. The SMILES string of the molecule is O=c1c2ncn([C@H]3C[C@H](O)[C@@H](CO)O3)c2nc2[nH]c3cc(O)ccc3n12. The first-order chi connectivity index (χ1) is 12.6. The second kappa shape index (κ2) is 5.27. The molecule has 5 rings (SSSR count). The smallest absolute Gasteiger partial charge is 0.287 e. The van der Waals surface area contributed by atoms with E-state index in [1.807, 2.05) is 0 Å². The molecule has 4 aromatic rings. The third-order valence-corrected chi connectivity index (χ3v) is 4.76. The number of benzene rings is 1. The van der Waals surface area contributed by atoms with Gasteiger partial charge in [-0.2, -0.15) is 4.98 Å². The molecular weight excluding hydrogens is 342 g/mol. The van der Waals surface area contributed by atoms with Crippen LogP contribution in [0.15, 0.2) is 29.3 Å². The lowest BCUT2D eigenvalue weighted by Gasteiger charge is -2.13. The lowest BCUT2D eigenvalue weighted by molar-refractivity contribution is -0.0432. The van der Waals surface area contributed by atoms with E-state index in [0.717, 1.165) is 0 Å². The number of ether oxygens (including phenoxy) is 1. The summed E-state index contributed by atoms with van der Waals surface area (Å²) in [5.41, 5.74) is 1.29. The van der Waals surface area contributed by atoms with Gasteiger partial charge in [0.25, 0.3) is 5.56 Å². The van der Waals surface area contributed by atoms with E-state index in [0.29, 0.717) is 22.5 Å². The largest absolute Gasteiger partial charge is 0.508 e. The summed E-state index contributed by atoms with van der Waals surface area (Å²) >= 11 is 0. The van der Waals surface area contributed by atoms with Crippen LogP contribution in [0.2, 0.25) is 0 Å². The van der Waals surface area contributed by atoms with Crippen LogP contribution < -0.4 is 5.56 Å². The molecule has 1 aliphatic rings. The van der Waals surface area contributed by atoms with Crippen LogP contribution in [0, 0.1) is 0 Å². The Labute approximate surface area is 144 Å². The highest BCUT2D eigenvalue weighted by molar-refractivity contribution is 5.83. The first-order valence-electron chi connectivity index (χ1n) is 8.11. The maximum absolute atomic E-state index is 12.9. The van der Waals surface area contributed by atoms with Gasteiger partial charge in [-0.3, -0.25) is 9.36 Å². The van der Waals surface area contributed by atoms with Crippen molar-refractivity contribution in [1.29, 1.82) is 0 Å². The second-order valence-electron chi connectivity index (χ2n) is 6.34. The Kier molecular flexibility index (Phi) is 3.11. The lowest BCUT2D eigenvalue weighted by Crippen LogP contribution is -2.24. The molecule has 0 spiro atoms. The first-order valence-corrected chi connectivity index (χ1v) is 8.11. The maximum Gasteiger partial charge on any atom is 0.287 e. The monoisotopic (exact) mass is 357 g/mol. The number of aromatic hydroxyl groups is 1.